The number of benzene rings is 2. The van der Waals surface area contributed by atoms with Gasteiger partial charge in [0.15, 0.2) is 5.78 Å². The molecule has 1 saturated heterocycles. The highest BCUT2D eigenvalue weighted by Crippen LogP contribution is 2.34. The van der Waals surface area contributed by atoms with E-state index in [2.05, 4.69) is 4.74 Å². The van der Waals surface area contributed by atoms with E-state index in [1.165, 1.54) is 12.1 Å². The first-order valence-electron chi connectivity index (χ1n) is 11.6. The van der Waals surface area contributed by atoms with Crippen LogP contribution in [0.2, 0.25) is 0 Å². The summed E-state index contributed by atoms with van der Waals surface area (Å²) in [6.07, 6.45) is -6.86. The molecule has 0 amide bonds. The molecular formula is C26H28O11. The molecule has 1 unspecified atom stereocenters. The van der Waals surface area contributed by atoms with Gasteiger partial charge in [-0.25, -0.2) is 4.79 Å². The van der Waals surface area contributed by atoms with Gasteiger partial charge in [-0.2, -0.15) is 0 Å². The summed E-state index contributed by atoms with van der Waals surface area (Å²) in [5.41, 5.74) is 2.07. The van der Waals surface area contributed by atoms with Gasteiger partial charge in [0.25, 0.3) is 0 Å². The van der Waals surface area contributed by atoms with Crippen LogP contribution in [0.25, 0.3) is 11.0 Å². The van der Waals surface area contributed by atoms with Crippen molar-refractivity contribution >= 4 is 22.9 Å². The van der Waals surface area contributed by atoms with Gasteiger partial charge in [0.05, 0.1) is 13.4 Å². The fourth-order valence-electron chi connectivity index (χ4n) is 4.15. The predicted octanol–water partition coefficient (Wildman–Crippen LogP) is 2.23. The lowest BCUT2D eigenvalue weighted by atomic mass is 9.98. The highest BCUT2D eigenvalue weighted by atomic mass is 16.7. The van der Waals surface area contributed by atoms with Crippen molar-refractivity contribution in [3.8, 4) is 11.5 Å². The Balaban J connectivity index is 1.52. The molecule has 1 fully saturated rings. The van der Waals surface area contributed by atoms with E-state index < -0.39 is 49.3 Å². The molecule has 0 saturated carbocycles. The smallest absolute Gasteiger partial charge is 0.507 e. The first kappa shape index (κ1) is 26.4. The lowest BCUT2D eigenvalue weighted by Crippen LogP contribution is -2.60. The molecule has 0 aliphatic carbocycles. The molecule has 37 heavy (non-hydrogen) atoms. The second kappa shape index (κ2) is 11.2. The largest absolute Gasteiger partial charge is 0.508 e. The lowest BCUT2D eigenvalue weighted by Gasteiger charge is -2.40. The minimum atomic E-state index is -1.71. The lowest BCUT2D eigenvalue weighted by molar-refractivity contribution is -0.277. The zero-order valence-corrected chi connectivity index (χ0v) is 20.2. The Bertz CT molecular complexity index is 1270. The Hall–Kier alpha value is -3.64. The Morgan fingerprint density at radius 3 is 2.57 bits per heavy atom. The van der Waals surface area contributed by atoms with E-state index in [0.717, 1.165) is 23.6 Å². The Labute approximate surface area is 211 Å². The van der Waals surface area contributed by atoms with Crippen LogP contribution in [0, 0.1) is 6.92 Å². The number of hydrogen-bond acceptors (Lipinski definition) is 11. The molecular weight excluding hydrogens is 488 g/mol. The van der Waals surface area contributed by atoms with Gasteiger partial charge in [0.2, 0.25) is 6.29 Å². The van der Waals surface area contributed by atoms with Crippen molar-refractivity contribution in [1.82, 2.24) is 0 Å². The van der Waals surface area contributed by atoms with Gasteiger partial charge in [0, 0.05) is 11.8 Å². The number of ether oxygens (including phenoxy) is 4. The molecule has 0 bridgehead atoms. The number of ketones is 1. The standard InChI is InChI=1S/C26H28O11/c1-13-9-17(28)21(16(27)5-3-14-4-6-18-15(11-14)7-8-34-18)19(10-13)36-25-24(31)23(30)22(29)20(37-25)12-35-26(32)33-2/h4,6-11,20,22-25,28-31H,3,5,12H2,1-2H3/t20-,22-,23+,24?,25-/m1/s1. The zero-order valence-electron chi connectivity index (χ0n) is 20.2. The molecule has 4 rings (SSSR count). The molecule has 1 aliphatic rings. The minimum Gasteiger partial charge on any atom is -0.507 e. The van der Waals surface area contributed by atoms with Crippen LogP contribution in [-0.2, 0) is 20.6 Å². The van der Waals surface area contributed by atoms with Gasteiger partial charge in [-0.15, -0.1) is 0 Å². The molecule has 198 valence electrons. The summed E-state index contributed by atoms with van der Waals surface area (Å²) in [7, 11) is 1.10. The van der Waals surface area contributed by atoms with Crippen molar-refractivity contribution in [2.24, 2.45) is 0 Å². The number of rotatable bonds is 8. The number of aliphatic hydroxyl groups is 3. The van der Waals surface area contributed by atoms with Crippen molar-refractivity contribution < 1.29 is 53.4 Å². The molecule has 2 aromatic carbocycles. The average Bonchev–Trinajstić information content (AvgIpc) is 3.34. The van der Waals surface area contributed by atoms with Gasteiger partial charge in [-0.3, -0.25) is 4.79 Å². The maximum Gasteiger partial charge on any atom is 0.508 e. The summed E-state index contributed by atoms with van der Waals surface area (Å²) in [6.45, 7) is 1.17. The zero-order chi connectivity index (χ0) is 26.7. The SMILES string of the molecule is COC(=O)OC[C@H]1O[C@@H](Oc2cc(C)cc(O)c2C(=O)CCc2ccc3occc3c2)C(O)[C@@H](O)[C@@H]1O. The number of aliphatic hydroxyl groups excluding tert-OH is 3. The van der Waals surface area contributed by atoms with E-state index >= 15 is 0 Å². The molecule has 11 nitrogen and oxygen atoms in total. The summed E-state index contributed by atoms with van der Waals surface area (Å²) in [5, 5.41) is 42.5. The third kappa shape index (κ3) is 5.86. The predicted molar refractivity (Wildman–Crippen MR) is 127 cm³/mol. The number of fused-ring (bicyclic) bond motifs is 1. The van der Waals surface area contributed by atoms with Crippen molar-refractivity contribution in [3.05, 3.63) is 59.4 Å². The maximum absolute atomic E-state index is 13.2. The molecule has 5 atom stereocenters. The molecule has 1 aromatic heterocycles. The summed E-state index contributed by atoms with van der Waals surface area (Å²) in [4.78, 5) is 24.5. The first-order chi connectivity index (χ1) is 17.7. The van der Waals surface area contributed by atoms with Gasteiger partial charge < -0.3 is 43.8 Å². The third-order valence-electron chi connectivity index (χ3n) is 6.11. The fraction of sp³-hybridized carbons (Fsp3) is 0.385. The minimum absolute atomic E-state index is 0.0430. The van der Waals surface area contributed by atoms with Crippen LogP contribution in [0.1, 0.15) is 27.9 Å². The molecule has 1 aliphatic heterocycles. The number of phenolic OH excluding ortho intramolecular Hbond substituents is 1. The van der Waals surface area contributed by atoms with E-state index in [1.54, 1.807) is 13.2 Å². The van der Waals surface area contributed by atoms with Crippen LogP contribution in [0.5, 0.6) is 11.5 Å². The topological polar surface area (TPSA) is 165 Å². The first-order valence-corrected chi connectivity index (χ1v) is 11.6. The van der Waals surface area contributed by atoms with Crippen LogP contribution >= 0.6 is 0 Å². The van der Waals surface area contributed by atoms with Gasteiger partial charge in [-0.1, -0.05) is 6.07 Å². The number of Topliss-reactive ketones (excluding diaryl/α,β-unsaturated/α-hetero) is 1. The van der Waals surface area contributed by atoms with E-state index in [4.69, 9.17) is 18.6 Å². The van der Waals surface area contributed by atoms with Crippen molar-refractivity contribution in [2.75, 3.05) is 13.7 Å². The van der Waals surface area contributed by atoms with E-state index in [1.807, 2.05) is 24.3 Å². The van der Waals surface area contributed by atoms with Crippen LogP contribution in [0.4, 0.5) is 4.79 Å². The maximum atomic E-state index is 13.2. The molecule has 0 radical (unpaired) electrons. The summed E-state index contributed by atoms with van der Waals surface area (Å²) >= 11 is 0. The third-order valence-corrected chi connectivity index (χ3v) is 6.11. The Morgan fingerprint density at radius 2 is 1.81 bits per heavy atom. The quantitative estimate of drug-likeness (QED) is 0.256. The van der Waals surface area contributed by atoms with Crippen molar-refractivity contribution in [3.63, 3.8) is 0 Å². The molecule has 0 spiro atoms. The van der Waals surface area contributed by atoms with E-state index in [0.29, 0.717) is 12.0 Å². The van der Waals surface area contributed by atoms with Crippen LogP contribution in [-0.4, -0.2) is 76.8 Å². The number of phenols is 1. The van der Waals surface area contributed by atoms with Crippen LogP contribution < -0.4 is 4.74 Å². The second-order valence-corrected chi connectivity index (χ2v) is 8.77. The fourth-order valence-corrected chi connectivity index (χ4v) is 4.15. The molecule has 3 aromatic rings. The number of carbonyl (C=O) groups is 2. The average molecular weight is 516 g/mol. The summed E-state index contributed by atoms with van der Waals surface area (Å²) < 4.78 is 25.8. The molecule has 2 heterocycles. The summed E-state index contributed by atoms with van der Waals surface area (Å²) in [5.74, 6) is -0.814. The van der Waals surface area contributed by atoms with Crippen LogP contribution in [0.3, 0.4) is 0 Å². The Kier molecular flexibility index (Phi) is 7.98. The number of methoxy groups -OCH3 is 1. The normalized spacial score (nSPS) is 23.5. The monoisotopic (exact) mass is 516 g/mol. The van der Waals surface area contributed by atoms with E-state index in [9.17, 15) is 30.0 Å². The number of hydrogen-bond donors (Lipinski definition) is 4. The molecule has 4 N–H and O–H groups in total. The number of aromatic hydroxyl groups is 1. The van der Waals surface area contributed by atoms with E-state index in [-0.39, 0.29) is 23.5 Å². The number of furan rings is 1. The van der Waals surface area contributed by atoms with Crippen molar-refractivity contribution in [1.29, 1.82) is 0 Å². The molecule has 11 heteroatoms. The van der Waals surface area contributed by atoms with Gasteiger partial charge >= 0.3 is 6.16 Å². The Morgan fingerprint density at radius 1 is 1.03 bits per heavy atom. The number of aryl methyl sites for hydroxylation is 2. The highest BCUT2D eigenvalue weighted by Gasteiger charge is 2.46. The highest BCUT2D eigenvalue weighted by molar-refractivity contribution is 6.01. The second-order valence-electron chi connectivity index (χ2n) is 8.77. The summed E-state index contributed by atoms with van der Waals surface area (Å²) in [6, 6.07) is 10.3. The van der Waals surface area contributed by atoms with Crippen LogP contribution in [0.15, 0.2) is 47.1 Å². The van der Waals surface area contributed by atoms with Crippen molar-refractivity contribution in [2.45, 2.75) is 50.5 Å². The number of carbonyl (C=O) groups excluding carboxylic acids is 2. The van der Waals surface area contributed by atoms with Gasteiger partial charge in [0.1, 0.15) is 53.7 Å². The van der Waals surface area contributed by atoms with Gasteiger partial charge in [-0.05, 0) is 54.8 Å².